The highest BCUT2D eigenvalue weighted by molar-refractivity contribution is 5.85. The van der Waals surface area contributed by atoms with E-state index in [1.807, 2.05) is 36.4 Å². The molecule has 0 bridgehead atoms. The van der Waals surface area contributed by atoms with Gasteiger partial charge in [-0.2, -0.15) is 0 Å². The maximum Gasteiger partial charge on any atom is 0.220 e. The molecule has 0 heterocycles. The third-order valence-corrected chi connectivity index (χ3v) is 7.73. The van der Waals surface area contributed by atoms with E-state index in [2.05, 4.69) is 12.2 Å². The summed E-state index contributed by atoms with van der Waals surface area (Å²) in [5, 5.41) is 33.3. The zero-order valence-electron chi connectivity index (χ0n) is 20.4. The number of carbonyl (C=O) groups excluding carboxylic acids is 2. The lowest BCUT2D eigenvalue weighted by molar-refractivity contribution is -0.121. The minimum absolute atomic E-state index is 0.0331. The van der Waals surface area contributed by atoms with Crippen LogP contribution < -0.4 is 5.32 Å². The van der Waals surface area contributed by atoms with E-state index in [4.69, 9.17) is 5.11 Å². The second-order valence-corrected chi connectivity index (χ2v) is 10.1. The van der Waals surface area contributed by atoms with E-state index in [0.717, 1.165) is 49.7 Å². The van der Waals surface area contributed by atoms with E-state index in [1.165, 1.54) is 0 Å². The van der Waals surface area contributed by atoms with Crippen molar-refractivity contribution in [2.75, 3.05) is 13.2 Å². The standard InChI is InChI=1S/C28H41NO5/c1-2-13-28(14-8-15-28)27(34)21-10-7-9-20(18-21)26-22(23(31)19-24(26)32)11-5-3-4-6-12-25(33)29-16-17-30/h3,5,7,9-10,18,22,24,26-27,30,32,34H,2,4,6,8,11-17,19H2,1H3,(H,29,33)/b5-3+. The lowest BCUT2D eigenvalue weighted by atomic mass is 9.61. The largest absolute Gasteiger partial charge is 0.395 e. The average Bonchev–Trinajstić information content (AvgIpc) is 3.09. The van der Waals surface area contributed by atoms with Crippen LogP contribution in [-0.4, -0.2) is 46.3 Å². The number of nitrogens with one attached hydrogen (secondary N) is 1. The van der Waals surface area contributed by atoms with Crippen LogP contribution in [0.5, 0.6) is 0 Å². The zero-order valence-corrected chi connectivity index (χ0v) is 20.4. The molecule has 4 unspecified atom stereocenters. The molecule has 0 aromatic heterocycles. The minimum atomic E-state index is -0.707. The Morgan fingerprint density at radius 1 is 1.29 bits per heavy atom. The van der Waals surface area contributed by atoms with Gasteiger partial charge in [-0.05, 0) is 49.7 Å². The van der Waals surface area contributed by atoms with Crippen LogP contribution in [0, 0.1) is 11.3 Å². The molecular formula is C28H41NO5. The van der Waals surface area contributed by atoms with Crippen LogP contribution in [0.4, 0.5) is 0 Å². The maximum atomic E-state index is 12.7. The molecule has 1 aromatic carbocycles. The Labute approximate surface area is 203 Å². The van der Waals surface area contributed by atoms with Crippen LogP contribution in [0.25, 0.3) is 0 Å². The molecule has 1 amide bonds. The zero-order chi connectivity index (χ0) is 24.6. The maximum absolute atomic E-state index is 12.7. The molecule has 0 spiro atoms. The quantitative estimate of drug-likeness (QED) is 0.257. The number of aliphatic hydroxyl groups is 3. The normalized spacial score (nSPS) is 24.8. The number of Topliss-reactive ketones (excluding diaryl/α,β-unsaturated/α-hetero) is 1. The van der Waals surface area contributed by atoms with Crippen LogP contribution >= 0.6 is 0 Å². The predicted molar refractivity (Wildman–Crippen MR) is 132 cm³/mol. The first kappa shape index (κ1) is 26.6. The smallest absolute Gasteiger partial charge is 0.220 e. The molecule has 1 aromatic rings. The van der Waals surface area contributed by atoms with Crippen LogP contribution in [0.15, 0.2) is 36.4 Å². The Bertz CT molecular complexity index is 847. The third kappa shape index (κ3) is 6.35. The Balaban J connectivity index is 1.62. The van der Waals surface area contributed by atoms with Gasteiger partial charge in [-0.1, -0.05) is 56.2 Å². The number of ketones is 1. The lowest BCUT2D eigenvalue weighted by Crippen LogP contribution is -2.36. The predicted octanol–water partition coefficient (Wildman–Crippen LogP) is 3.95. The molecule has 2 saturated carbocycles. The number of allylic oxidation sites excluding steroid dienone is 2. The van der Waals surface area contributed by atoms with Gasteiger partial charge in [0.05, 0.1) is 18.8 Å². The van der Waals surface area contributed by atoms with E-state index in [9.17, 15) is 19.8 Å². The molecule has 2 fully saturated rings. The summed E-state index contributed by atoms with van der Waals surface area (Å²) in [6, 6.07) is 7.89. The Hall–Kier alpha value is -2.02. The molecule has 0 radical (unpaired) electrons. The third-order valence-electron chi connectivity index (χ3n) is 7.73. The lowest BCUT2D eigenvalue weighted by Gasteiger charge is -2.46. The van der Waals surface area contributed by atoms with Crippen molar-refractivity contribution in [3.8, 4) is 0 Å². The Kier molecular flexibility index (Phi) is 9.86. The van der Waals surface area contributed by atoms with Gasteiger partial charge in [0.2, 0.25) is 5.91 Å². The highest BCUT2D eigenvalue weighted by Gasteiger charge is 2.44. The van der Waals surface area contributed by atoms with E-state index < -0.39 is 12.2 Å². The number of rotatable bonds is 13. The molecule has 4 atom stereocenters. The molecule has 2 aliphatic carbocycles. The number of unbranched alkanes of at least 4 members (excludes halogenated alkanes) is 1. The van der Waals surface area contributed by atoms with Gasteiger partial charge in [-0.15, -0.1) is 0 Å². The highest BCUT2D eigenvalue weighted by Crippen LogP contribution is 2.53. The van der Waals surface area contributed by atoms with Gasteiger partial charge in [-0.25, -0.2) is 0 Å². The van der Waals surface area contributed by atoms with Crippen molar-refractivity contribution in [3.05, 3.63) is 47.5 Å². The molecule has 6 nitrogen and oxygen atoms in total. The summed E-state index contributed by atoms with van der Waals surface area (Å²) in [5.74, 6) is -0.531. The number of carbonyl (C=O) groups is 2. The van der Waals surface area contributed by atoms with Crippen LogP contribution in [0.1, 0.15) is 94.3 Å². The van der Waals surface area contributed by atoms with Gasteiger partial charge < -0.3 is 20.6 Å². The summed E-state index contributed by atoms with van der Waals surface area (Å²) in [6.07, 6.45) is 10.7. The van der Waals surface area contributed by atoms with Gasteiger partial charge in [-0.3, -0.25) is 9.59 Å². The Morgan fingerprint density at radius 2 is 2.09 bits per heavy atom. The van der Waals surface area contributed by atoms with E-state index >= 15 is 0 Å². The first-order valence-electron chi connectivity index (χ1n) is 12.9. The topological polar surface area (TPSA) is 107 Å². The van der Waals surface area contributed by atoms with E-state index in [1.54, 1.807) is 0 Å². The van der Waals surface area contributed by atoms with E-state index in [-0.39, 0.29) is 48.5 Å². The summed E-state index contributed by atoms with van der Waals surface area (Å²) >= 11 is 0. The molecule has 188 valence electrons. The summed E-state index contributed by atoms with van der Waals surface area (Å²) in [7, 11) is 0. The first-order chi connectivity index (χ1) is 16.4. The molecule has 3 rings (SSSR count). The molecule has 34 heavy (non-hydrogen) atoms. The van der Waals surface area contributed by atoms with Crippen molar-refractivity contribution in [3.63, 3.8) is 0 Å². The fourth-order valence-electron chi connectivity index (χ4n) is 5.79. The highest BCUT2D eigenvalue weighted by atomic mass is 16.3. The van der Waals surface area contributed by atoms with Crippen molar-refractivity contribution in [1.82, 2.24) is 5.32 Å². The van der Waals surface area contributed by atoms with Crippen molar-refractivity contribution < 1.29 is 24.9 Å². The number of hydrogen-bond acceptors (Lipinski definition) is 5. The molecular weight excluding hydrogens is 430 g/mol. The molecule has 4 N–H and O–H groups in total. The average molecular weight is 472 g/mol. The molecule has 6 heteroatoms. The van der Waals surface area contributed by atoms with Crippen LogP contribution in [0.2, 0.25) is 0 Å². The first-order valence-corrected chi connectivity index (χ1v) is 12.9. The second-order valence-electron chi connectivity index (χ2n) is 10.1. The molecule has 2 aliphatic rings. The van der Waals surface area contributed by atoms with Crippen molar-refractivity contribution in [2.45, 2.75) is 89.3 Å². The summed E-state index contributed by atoms with van der Waals surface area (Å²) < 4.78 is 0. The second kappa shape index (κ2) is 12.6. The molecule has 0 aliphatic heterocycles. The van der Waals surface area contributed by atoms with Crippen molar-refractivity contribution >= 4 is 11.7 Å². The number of hydrogen-bond donors (Lipinski definition) is 4. The summed E-state index contributed by atoms with van der Waals surface area (Å²) in [5.41, 5.74) is 1.79. The fourth-order valence-corrected chi connectivity index (χ4v) is 5.79. The van der Waals surface area contributed by atoms with Crippen molar-refractivity contribution in [2.24, 2.45) is 11.3 Å². The summed E-state index contributed by atoms with van der Waals surface area (Å²) in [6.45, 7) is 2.38. The Morgan fingerprint density at radius 3 is 2.76 bits per heavy atom. The minimum Gasteiger partial charge on any atom is -0.395 e. The summed E-state index contributed by atoms with van der Waals surface area (Å²) in [4.78, 5) is 24.3. The van der Waals surface area contributed by atoms with Crippen molar-refractivity contribution in [1.29, 1.82) is 0 Å². The fraction of sp³-hybridized carbons (Fsp3) is 0.643. The van der Waals surface area contributed by atoms with Gasteiger partial charge in [0.25, 0.3) is 0 Å². The van der Waals surface area contributed by atoms with Crippen LogP contribution in [-0.2, 0) is 9.59 Å². The SMILES string of the molecule is CCCC1(C(O)c2cccc(C3C(O)CC(=O)C3C/C=C/CCCC(=O)NCCO)c2)CCC1. The van der Waals surface area contributed by atoms with Gasteiger partial charge >= 0.3 is 0 Å². The molecule has 0 saturated heterocycles. The monoisotopic (exact) mass is 471 g/mol. The number of benzene rings is 1. The van der Waals surface area contributed by atoms with Gasteiger partial charge in [0, 0.05) is 36.6 Å². The number of amides is 1. The van der Waals surface area contributed by atoms with Gasteiger partial charge in [0.1, 0.15) is 5.78 Å². The number of aliphatic hydroxyl groups excluding tert-OH is 3. The van der Waals surface area contributed by atoms with E-state index in [0.29, 0.717) is 19.3 Å². The van der Waals surface area contributed by atoms with Crippen LogP contribution in [0.3, 0.4) is 0 Å². The van der Waals surface area contributed by atoms with Gasteiger partial charge in [0.15, 0.2) is 0 Å².